The number of hydrogen-bond acceptors (Lipinski definition) is 11. The maximum absolute atomic E-state index is 15.4. The molecule has 3 saturated heterocycles. The lowest BCUT2D eigenvalue weighted by Crippen LogP contribution is -2.65. The van der Waals surface area contributed by atoms with Gasteiger partial charge in [0.2, 0.25) is 65.0 Å². The van der Waals surface area contributed by atoms with E-state index in [-0.39, 0.29) is 83.2 Å². The van der Waals surface area contributed by atoms with E-state index >= 15 is 19.2 Å². The summed E-state index contributed by atoms with van der Waals surface area (Å²) < 4.78 is 41.6. The van der Waals surface area contributed by atoms with Crippen molar-refractivity contribution < 1.29 is 65.9 Å². The molecule has 22 nitrogen and oxygen atoms in total. The van der Waals surface area contributed by atoms with Crippen LogP contribution in [-0.2, 0) is 78.2 Å². The summed E-state index contributed by atoms with van der Waals surface area (Å²) in [6.07, 6.45) is -1.46. The van der Waals surface area contributed by atoms with Crippen molar-refractivity contribution in [2.45, 2.75) is 224 Å². The highest BCUT2D eigenvalue weighted by molar-refractivity contribution is 6.31. The van der Waals surface area contributed by atoms with Crippen LogP contribution in [0.1, 0.15) is 160 Å². The van der Waals surface area contributed by atoms with Gasteiger partial charge in [-0.2, -0.15) is 13.2 Å². The van der Waals surface area contributed by atoms with Crippen molar-refractivity contribution in [2.75, 3.05) is 54.9 Å². The van der Waals surface area contributed by atoms with Gasteiger partial charge in [-0.05, 0) is 125 Å². The third kappa shape index (κ3) is 19.8. The van der Waals surface area contributed by atoms with Crippen LogP contribution in [0.4, 0.5) is 13.2 Å². The quantitative estimate of drug-likeness (QED) is 0.125. The number of rotatable bonds is 14. The zero-order chi connectivity index (χ0) is 74.5. The second-order valence-electron chi connectivity index (χ2n) is 29.0. The first-order chi connectivity index (χ1) is 47.6. The van der Waals surface area contributed by atoms with Gasteiger partial charge in [0.25, 0.3) is 0 Å². The third-order valence-electron chi connectivity index (χ3n) is 21.3. The Labute approximate surface area is 597 Å². The van der Waals surface area contributed by atoms with E-state index in [1.54, 1.807) is 19.1 Å². The molecule has 1 saturated carbocycles. The highest BCUT2D eigenvalue weighted by atomic mass is 35.5. The standard InChI is InChI=1S/C75H105ClF3N11O11/c1-14-47(6)63-72(100)85(10)49(8)68(96)90-39-35-58(90)71(99)87(12)60(42-52-27-25-46(5)26-28-52)70(98)84(9)44-61(91)81-56(34-31-51-30-33-54(55(76)41-51)75(77,78)79)69(97)89-38-21-24-57(89)66(94)83-74(36-19-20-37-74)73(101)88(13)64(48(7)15-2)67(95)80-53(32-29-50-22-17-16-18-23-50)43-62(92)86(11)59(40-45(3)4)65(93)82-63/h16-18,22-23,25-28,30,33,41,45,47-49,53,56-60,63-64H,14-15,19-21,24,29,31-32,34-40,42-44H2,1-13H3,(H,80,95)(H,81,91)(H,82,93)(H,83,94)/t47-,48-,49-,53+,56-,57-,58-,59-,60-,63-,64-/m0/s1. The van der Waals surface area contributed by atoms with Gasteiger partial charge in [-0.25, -0.2) is 0 Å². The molecule has 0 radical (unpaired) electrons. The number of alkyl halides is 3. The SMILES string of the molecule is CC[C@H](C)[C@@H]1NC(=O)[C@H](CC(C)C)N(C)C(=O)C[C@@H](CCc2ccccc2)NC(=O)[C@H]([C@@H](C)CC)N(C)C(=O)C2(CCCC2)NC(=O)[C@@H]2CCCN2C(=O)[C@H](CCc2ccc(C(F)(F)F)c(Cl)c2)NC(=O)CN(C)C(=O)[C@H](Cc2ccc(C)cc2)N(C)C(=O)[C@@H]2CCN2C(=O)[C@H](C)N(C)C1=O. The second kappa shape index (κ2) is 35.2. The van der Waals surface area contributed by atoms with Crippen molar-refractivity contribution >= 4 is 76.6 Å². The fourth-order valence-corrected chi connectivity index (χ4v) is 14.6. The van der Waals surface area contributed by atoms with Gasteiger partial charge in [0.15, 0.2) is 0 Å². The number of halogens is 4. The van der Waals surface area contributed by atoms with Crippen LogP contribution in [0.15, 0.2) is 72.8 Å². The summed E-state index contributed by atoms with van der Waals surface area (Å²) in [5.41, 5.74) is 0.205. The number of benzene rings is 3. The van der Waals surface area contributed by atoms with Crippen LogP contribution in [0, 0.1) is 24.7 Å². The number of likely N-dealkylation sites (N-methyl/N-ethyl adjacent to an activating group) is 5. The Hall–Kier alpha value is -8.09. The van der Waals surface area contributed by atoms with Gasteiger partial charge in [-0.3, -0.25) is 52.7 Å². The molecule has 1 spiro atoms. The Kier molecular flexibility index (Phi) is 28.0. The van der Waals surface area contributed by atoms with E-state index in [0.717, 1.165) is 28.2 Å². The number of aryl methyl sites for hydroxylation is 3. The largest absolute Gasteiger partial charge is 0.417 e. The molecule has 3 aromatic carbocycles. The Balaban J connectivity index is 1.29. The average molecular weight is 1430 g/mol. The summed E-state index contributed by atoms with van der Waals surface area (Å²) in [5, 5.41) is 11.3. The van der Waals surface area contributed by atoms with Crippen LogP contribution >= 0.6 is 11.6 Å². The third-order valence-corrected chi connectivity index (χ3v) is 21.6. The van der Waals surface area contributed by atoms with Gasteiger partial charge in [-0.1, -0.05) is 145 Å². The Morgan fingerprint density at radius 1 is 0.604 bits per heavy atom. The summed E-state index contributed by atoms with van der Waals surface area (Å²) in [5.74, 6) is -7.92. The summed E-state index contributed by atoms with van der Waals surface area (Å²) in [6.45, 7) is 14.1. The summed E-state index contributed by atoms with van der Waals surface area (Å²) in [6, 6.07) is 9.59. The molecule has 7 rings (SSSR count). The number of nitrogens with zero attached hydrogens (tertiary/aromatic N) is 7. The molecule has 0 aromatic heterocycles. The monoisotopic (exact) mass is 1430 g/mol. The Bertz CT molecular complexity index is 3460. The van der Waals surface area contributed by atoms with Crippen molar-refractivity contribution in [2.24, 2.45) is 17.8 Å². The van der Waals surface area contributed by atoms with Crippen molar-refractivity contribution in [3.63, 3.8) is 0 Å². The molecular weight excluding hydrogens is 1320 g/mol. The fourth-order valence-electron chi connectivity index (χ4n) is 14.3. The smallest absolute Gasteiger partial charge is 0.351 e. The van der Waals surface area contributed by atoms with E-state index in [0.29, 0.717) is 49.7 Å². The number of hydrogen-bond donors (Lipinski definition) is 4. The molecule has 1 aliphatic carbocycles. The fraction of sp³-hybridized carbons (Fsp3) is 0.613. The number of amides is 11. The summed E-state index contributed by atoms with van der Waals surface area (Å²) >= 11 is 6.16. The lowest BCUT2D eigenvalue weighted by molar-refractivity contribution is -0.160. The van der Waals surface area contributed by atoms with E-state index in [4.69, 9.17) is 11.6 Å². The minimum atomic E-state index is -4.76. The van der Waals surface area contributed by atoms with Gasteiger partial charge in [0, 0.05) is 67.2 Å². The molecule has 101 heavy (non-hydrogen) atoms. The Morgan fingerprint density at radius 3 is 1.82 bits per heavy atom. The van der Waals surface area contributed by atoms with E-state index in [2.05, 4.69) is 21.3 Å². The minimum Gasteiger partial charge on any atom is -0.351 e. The zero-order valence-corrected chi connectivity index (χ0v) is 61.7. The Morgan fingerprint density at radius 2 is 1.23 bits per heavy atom. The summed E-state index contributed by atoms with van der Waals surface area (Å²) in [4.78, 5) is 174. The second-order valence-corrected chi connectivity index (χ2v) is 29.4. The predicted octanol–water partition coefficient (Wildman–Crippen LogP) is 7.28. The number of nitrogens with one attached hydrogen (secondary N) is 4. The van der Waals surface area contributed by atoms with Gasteiger partial charge < -0.3 is 55.6 Å². The van der Waals surface area contributed by atoms with Gasteiger partial charge in [-0.15, -0.1) is 0 Å². The number of carbonyl (C=O) groups excluding carboxylic acids is 11. The normalized spacial score (nSPS) is 25.7. The molecule has 0 bridgehead atoms. The molecule has 26 heteroatoms. The molecule has 3 aliphatic heterocycles. The lowest BCUT2D eigenvalue weighted by atomic mass is 9.90. The molecule has 4 aliphatic rings. The van der Waals surface area contributed by atoms with Crippen LogP contribution in [0.3, 0.4) is 0 Å². The average Bonchev–Trinajstić information content (AvgIpc) is 1.61. The highest BCUT2D eigenvalue weighted by Gasteiger charge is 2.51. The molecule has 11 amide bonds. The molecule has 4 fully saturated rings. The first-order valence-corrected chi connectivity index (χ1v) is 36.1. The van der Waals surface area contributed by atoms with Crippen molar-refractivity contribution in [1.29, 1.82) is 0 Å². The van der Waals surface area contributed by atoms with Crippen molar-refractivity contribution in [3.05, 3.63) is 106 Å². The van der Waals surface area contributed by atoms with Crippen LogP contribution in [0.5, 0.6) is 0 Å². The summed E-state index contributed by atoms with van der Waals surface area (Å²) in [7, 11) is 7.25. The van der Waals surface area contributed by atoms with E-state index in [1.807, 2.05) is 84.0 Å². The zero-order valence-electron chi connectivity index (χ0n) is 60.9. The minimum absolute atomic E-state index is 0.0340. The van der Waals surface area contributed by atoms with Crippen LogP contribution in [0.2, 0.25) is 5.02 Å². The van der Waals surface area contributed by atoms with Crippen LogP contribution in [-0.4, -0.2) is 214 Å². The van der Waals surface area contributed by atoms with Gasteiger partial charge >= 0.3 is 6.18 Å². The molecule has 0 unspecified atom stereocenters. The maximum atomic E-state index is 15.4. The van der Waals surface area contributed by atoms with E-state index in [9.17, 15) is 46.7 Å². The topological polar surface area (TPSA) is 259 Å². The first-order valence-electron chi connectivity index (χ1n) is 35.7. The van der Waals surface area contributed by atoms with Gasteiger partial charge in [0.05, 0.1) is 17.1 Å². The molecule has 3 heterocycles. The molecular formula is C75H105ClF3N11O11. The first kappa shape index (κ1) is 80.2. The van der Waals surface area contributed by atoms with Crippen LogP contribution in [0.25, 0.3) is 0 Å². The van der Waals surface area contributed by atoms with E-state index < -0.39 is 160 Å². The van der Waals surface area contributed by atoms with Gasteiger partial charge in [0.1, 0.15) is 53.9 Å². The number of fused-ring (bicyclic) bond motifs is 2. The molecule has 4 N–H and O–H groups in total. The molecule has 554 valence electrons. The molecule has 11 atom stereocenters. The lowest BCUT2D eigenvalue weighted by Gasteiger charge is -2.45. The molecule has 3 aromatic rings. The van der Waals surface area contributed by atoms with Crippen molar-refractivity contribution in [1.82, 2.24) is 55.6 Å². The van der Waals surface area contributed by atoms with E-state index in [1.165, 1.54) is 77.6 Å². The number of carbonyl (C=O) groups is 11. The maximum Gasteiger partial charge on any atom is 0.417 e. The highest BCUT2D eigenvalue weighted by Crippen LogP contribution is 2.37. The predicted molar refractivity (Wildman–Crippen MR) is 377 cm³/mol. The van der Waals surface area contributed by atoms with Crippen LogP contribution < -0.4 is 21.3 Å². The van der Waals surface area contributed by atoms with Crippen molar-refractivity contribution in [3.8, 4) is 0 Å².